The number of aromatic nitrogens is 1. The van der Waals surface area contributed by atoms with E-state index in [1.165, 1.54) is 35.4 Å². The molecule has 0 radical (unpaired) electrons. The zero-order valence-corrected chi connectivity index (χ0v) is 21.5. The molecule has 1 saturated carbocycles. The van der Waals surface area contributed by atoms with E-state index in [1.54, 1.807) is 24.3 Å². The highest BCUT2D eigenvalue weighted by Gasteiger charge is 2.62. The number of nitrogens with two attached hydrogens (primary N) is 1. The van der Waals surface area contributed by atoms with Crippen molar-refractivity contribution in [2.75, 3.05) is 13.1 Å². The van der Waals surface area contributed by atoms with Crippen molar-refractivity contribution >= 4 is 39.2 Å². The lowest BCUT2D eigenvalue weighted by atomic mass is 10.1. The maximum Gasteiger partial charge on any atom is 0.270 e. The van der Waals surface area contributed by atoms with Gasteiger partial charge in [0.2, 0.25) is 5.91 Å². The van der Waals surface area contributed by atoms with E-state index in [2.05, 4.69) is 5.32 Å². The van der Waals surface area contributed by atoms with Crippen molar-refractivity contribution in [3.63, 3.8) is 0 Å². The molecule has 0 unspecified atom stereocenters. The molecule has 1 aromatic carbocycles. The van der Waals surface area contributed by atoms with E-state index < -0.39 is 42.6 Å². The van der Waals surface area contributed by atoms with Gasteiger partial charge in [0.25, 0.3) is 17.4 Å². The van der Waals surface area contributed by atoms with Gasteiger partial charge in [-0.1, -0.05) is 23.7 Å². The van der Waals surface area contributed by atoms with Crippen LogP contribution in [0.3, 0.4) is 0 Å². The minimum Gasteiger partial charge on any atom is -0.368 e. The first-order valence-electron chi connectivity index (χ1n) is 11.4. The summed E-state index contributed by atoms with van der Waals surface area (Å²) in [6.45, 7) is 2.85. The van der Waals surface area contributed by atoms with Crippen LogP contribution in [0.2, 0.25) is 5.02 Å². The maximum atomic E-state index is 13.2. The lowest BCUT2D eigenvalue weighted by Crippen LogP contribution is -2.55. The van der Waals surface area contributed by atoms with Crippen molar-refractivity contribution < 1.29 is 22.8 Å². The summed E-state index contributed by atoms with van der Waals surface area (Å²) in [5.74, 6) is -2.03. The Labute approximate surface area is 213 Å². The van der Waals surface area contributed by atoms with Crippen LogP contribution in [0.4, 0.5) is 0 Å². The minimum absolute atomic E-state index is 0.0721. The molecule has 192 valence electrons. The number of nitrogens with one attached hydrogen (secondary N) is 1. The number of carbonyl (C=O) groups excluding carboxylic acids is 3. The van der Waals surface area contributed by atoms with Gasteiger partial charge >= 0.3 is 0 Å². The highest BCUT2D eigenvalue weighted by Crippen LogP contribution is 2.49. The van der Waals surface area contributed by atoms with Crippen LogP contribution in [-0.4, -0.2) is 58.2 Å². The molecule has 36 heavy (non-hydrogen) atoms. The Kier molecular flexibility index (Phi) is 6.50. The van der Waals surface area contributed by atoms with Crippen molar-refractivity contribution in [3.05, 3.63) is 68.6 Å². The molecule has 0 bridgehead atoms. The largest absolute Gasteiger partial charge is 0.368 e. The normalized spacial score (nSPS) is 16.9. The number of amides is 3. The van der Waals surface area contributed by atoms with Crippen molar-refractivity contribution in [2.24, 2.45) is 5.73 Å². The first-order chi connectivity index (χ1) is 16.8. The van der Waals surface area contributed by atoms with Crippen molar-refractivity contribution in [1.29, 1.82) is 0 Å². The van der Waals surface area contributed by atoms with Crippen LogP contribution in [-0.2, 0) is 27.7 Å². The minimum atomic E-state index is -3.98. The fraction of sp³-hybridized carbons (Fsp3) is 0.417. The Hall–Kier alpha value is -3.18. The second-order valence-electron chi connectivity index (χ2n) is 9.69. The average Bonchev–Trinajstić information content (AvgIpc) is 3.62. The van der Waals surface area contributed by atoms with E-state index >= 15 is 0 Å². The predicted octanol–water partition coefficient (Wildman–Crippen LogP) is 1.10. The van der Waals surface area contributed by atoms with E-state index in [4.69, 9.17) is 17.3 Å². The summed E-state index contributed by atoms with van der Waals surface area (Å²) in [5, 5.41) is 3.25. The van der Waals surface area contributed by atoms with Crippen LogP contribution < -0.4 is 16.6 Å². The smallest absolute Gasteiger partial charge is 0.270 e. The number of benzene rings is 1. The third-order valence-electron chi connectivity index (χ3n) is 7.01. The van der Waals surface area contributed by atoms with Crippen molar-refractivity contribution in [2.45, 2.75) is 49.3 Å². The number of hydrogen-bond donors (Lipinski definition) is 2. The van der Waals surface area contributed by atoms with Crippen molar-refractivity contribution in [1.82, 2.24) is 14.8 Å². The number of primary amides is 1. The molecule has 0 atom stereocenters. The predicted molar refractivity (Wildman–Crippen MR) is 133 cm³/mol. The molecular weight excluding hydrogens is 508 g/mol. The van der Waals surface area contributed by atoms with Gasteiger partial charge in [-0.3, -0.25) is 19.2 Å². The zero-order chi connectivity index (χ0) is 26.5. The topological polar surface area (TPSA) is 149 Å². The average molecular weight is 535 g/mol. The van der Waals surface area contributed by atoms with Gasteiger partial charge in [0.15, 0.2) is 9.84 Å². The van der Waals surface area contributed by atoms with E-state index in [0.29, 0.717) is 17.9 Å². The van der Waals surface area contributed by atoms with Crippen LogP contribution in [0.15, 0.2) is 41.2 Å². The van der Waals surface area contributed by atoms with E-state index in [1.807, 2.05) is 0 Å². The number of halogens is 1. The van der Waals surface area contributed by atoms with Gasteiger partial charge in [0.05, 0.1) is 4.75 Å². The van der Waals surface area contributed by atoms with Crippen LogP contribution in [0, 0.1) is 0 Å². The molecule has 3 amide bonds. The molecule has 2 aromatic rings. The summed E-state index contributed by atoms with van der Waals surface area (Å²) in [6.07, 6.45) is 0.630. The third-order valence-corrected chi connectivity index (χ3v) is 10.5. The third kappa shape index (κ3) is 4.30. The number of nitrogens with zero attached hydrogens (tertiary/aromatic N) is 2. The van der Waals surface area contributed by atoms with E-state index in [0.717, 1.165) is 5.56 Å². The van der Waals surface area contributed by atoms with Crippen molar-refractivity contribution in [3.8, 4) is 0 Å². The summed E-state index contributed by atoms with van der Waals surface area (Å²) in [6, 6.07) is 9.60. The lowest BCUT2D eigenvalue weighted by molar-refractivity contribution is -0.119. The molecule has 1 aliphatic heterocycles. The van der Waals surface area contributed by atoms with Gasteiger partial charge in [-0.2, -0.15) is 0 Å². The number of fused-ring (bicyclic) bond motifs is 1. The number of hydrogen-bond acceptors (Lipinski definition) is 6. The highest BCUT2D eigenvalue weighted by molar-refractivity contribution is 7.95. The van der Waals surface area contributed by atoms with Gasteiger partial charge < -0.3 is 20.5 Å². The standard InChI is InChI=1S/C24H27ClN4O6S/c1-23(2,22(26)33)36(34,35)24(9-10-24)14-28-11-12-29-18(21(28)32)8-7-17(20(29)31)19(30)27-13-15-3-5-16(25)6-4-15/h3-8H,9-14H2,1-2H3,(H2,26,33)(H,27,30). The number of pyridine rings is 1. The zero-order valence-electron chi connectivity index (χ0n) is 19.9. The van der Waals surface area contributed by atoms with Crippen LogP contribution in [0.5, 0.6) is 0 Å². The molecule has 2 aliphatic rings. The monoisotopic (exact) mass is 534 g/mol. The lowest BCUT2D eigenvalue weighted by Gasteiger charge is -2.35. The molecule has 1 fully saturated rings. The Morgan fingerprint density at radius 3 is 2.31 bits per heavy atom. The molecule has 12 heteroatoms. The number of sulfone groups is 1. The quantitative estimate of drug-likeness (QED) is 0.518. The van der Waals surface area contributed by atoms with E-state index in [9.17, 15) is 27.6 Å². The second-order valence-corrected chi connectivity index (χ2v) is 13.0. The molecule has 1 aliphatic carbocycles. The molecule has 0 saturated heterocycles. The Balaban J connectivity index is 1.51. The Morgan fingerprint density at radius 1 is 1.08 bits per heavy atom. The van der Waals surface area contributed by atoms with Gasteiger partial charge in [-0.25, -0.2) is 8.42 Å². The molecule has 0 spiro atoms. The molecule has 3 N–H and O–H groups in total. The van der Waals surface area contributed by atoms with Crippen LogP contribution in [0.1, 0.15) is 53.1 Å². The number of carbonyl (C=O) groups is 3. The molecular formula is C24H27ClN4O6S. The summed E-state index contributed by atoms with van der Waals surface area (Å²) >= 11 is 5.86. The van der Waals surface area contributed by atoms with E-state index in [-0.39, 0.29) is 37.4 Å². The van der Waals surface area contributed by atoms with Crippen LogP contribution in [0.25, 0.3) is 0 Å². The SMILES string of the molecule is CC(C)(C(N)=O)S(=O)(=O)C1(CN2CCn3c(ccc(C(=O)NCc4ccc(Cl)cc4)c3=O)C2=O)CC1. The first-order valence-corrected chi connectivity index (χ1v) is 13.3. The molecule has 10 nitrogen and oxygen atoms in total. The van der Waals surface area contributed by atoms with Crippen LogP contribution >= 0.6 is 11.6 Å². The molecule has 1 aromatic heterocycles. The van der Waals surface area contributed by atoms with Gasteiger partial charge in [0, 0.05) is 31.2 Å². The maximum absolute atomic E-state index is 13.2. The summed E-state index contributed by atoms with van der Waals surface area (Å²) in [4.78, 5) is 52.0. The highest BCUT2D eigenvalue weighted by atomic mass is 35.5. The molecule has 4 rings (SSSR count). The fourth-order valence-electron chi connectivity index (χ4n) is 4.35. The fourth-order valence-corrected chi connectivity index (χ4v) is 6.79. The van der Waals surface area contributed by atoms with Gasteiger partial charge in [-0.05, 0) is 56.5 Å². The van der Waals surface area contributed by atoms with Gasteiger partial charge in [0.1, 0.15) is 16.0 Å². The summed E-state index contributed by atoms with van der Waals surface area (Å²) in [7, 11) is -3.98. The Morgan fingerprint density at radius 2 is 1.72 bits per heavy atom. The Bertz CT molecular complexity index is 1410. The first kappa shape index (κ1) is 25.9. The van der Waals surface area contributed by atoms with Gasteiger partial charge in [-0.15, -0.1) is 0 Å². The summed E-state index contributed by atoms with van der Waals surface area (Å²) in [5.41, 5.74) is 5.53. The second kappa shape index (κ2) is 9.04. The molecule has 2 heterocycles. The summed E-state index contributed by atoms with van der Waals surface area (Å²) < 4.78 is 24.6. The number of rotatable bonds is 8.